The molecule has 0 radical (unpaired) electrons. The predicted molar refractivity (Wildman–Crippen MR) is 194 cm³/mol. The van der Waals surface area contributed by atoms with E-state index in [1.807, 2.05) is 0 Å². The zero-order chi connectivity index (χ0) is 36.5. The van der Waals surface area contributed by atoms with Gasteiger partial charge in [-0.15, -0.1) is 0 Å². The number of esters is 2. The fraction of sp³-hybridized carbons (Fsp3) is 0.846. The smallest absolute Gasteiger partial charge is 0.305 e. The van der Waals surface area contributed by atoms with Gasteiger partial charge in [0.15, 0.2) is 11.6 Å². The van der Waals surface area contributed by atoms with Gasteiger partial charge in [-0.3, -0.25) is 28.8 Å². The zero-order valence-electron chi connectivity index (χ0n) is 31.5. The largest absolute Gasteiger partial charge is 0.466 e. The van der Waals surface area contributed by atoms with Gasteiger partial charge >= 0.3 is 11.9 Å². The summed E-state index contributed by atoms with van der Waals surface area (Å²) in [6.45, 7) is 7.31. The SMILES string of the molecule is CCCCCCCCCCCC(=O)NC(CCC(=O)OCCCOC(=O)CCC(NC(=O)CCCCCCCCCCC)C(C)=O)C(C)=O. The molecule has 0 aliphatic carbocycles. The molecule has 2 unspecified atom stereocenters. The van der Waals surface area contributed by atoms with Crippen LogP contribution < -0.4 is 10.6 Å². The number of carbonyl (C=O) groups excluding carboxylic acids is 6. The van der Waals surface area contributed by atoms with Crippen LogP contribution in [0.3, 0.4) is 0 Å². The van der Waals surface area contributed by atoms with E-state index >= 15 is 0 Å². The number of unbranched alkanes of at least 4 members (excludes halogenated alkanes) is 16. The Morgan fingerprint density at radius 2 is 0.735 bits per heavy atom. The van der Waals surface area contributed by atoms with Crippen LogP contribution in [0.5, 0.6) is 0 Å². The number of nitrogens with one attached hydrogen (secondary N) is 2. The molecular formula is C39H70N2O8. The van der Waals surface area contributed by atoms with Crippen LogP contribution >= 0.6 is 0 Å². The van der Waals surface area contributed by atoms with Gasteiger partial charge in [0.25, 0.3) is 0 Å². The van der Waals surface area contributed by atoms with Crippen molar-refractivity contribution in [2.45, 2.75) is 200 Å². The molecule has 0 aromatic heterocycles. The Hall–Kier alpha value is -2.78. The van der Waals surface area contributed by atoms with Gasteiger partial charge in [0.05, 0.1) is 25.3 Å². The molecule has 2 amide bonds. The van der Waals surface area contributed by atoms with E-state index in [0.29, 0.717) is 19.3 Å². The molecule has 10 nitrogen and oxygen atoms in total. The molecule has 10 heteroatoms. The Morgan fingerprint density at radius 3 is 1.04 bits per heavy atom. The van der Waals surface area contributed by atoms with Gasteiger partial charge in [-0.05, 0) is 39.5 Å². The van der Waals surface area contributed by atoms with Crippen LogP contribution in [0.15, 0.2) is 0 Å². The van der Waals surface area contributed by atoms with Crippen LogP contribution in [0.4, 0.5) is 0 Å². The van der Waals surface area contributed by atoms with Gasteiger partial charge in [0.1, 0.15) is 0 Å². The van der Waals surface area contributed by atoms with E-state index in [1.54, 1.807) is 0 Å². The molecular weight excluding hydrogens is 624 g/mol. The highest BCUT2D eigenvalue weighted by Crippen LogP contribution is 2.12. The lowest BCUT2D eigenvalue weighted by atomic mass is 10.1. The van der Waals surface area contributed by atoms with Crippen LogP contribution in [0.2, 0.25) is 0 Å². The van der Waals surface area contributed by atoms with Gasteiger partial charge in [-0.2, -0.15) is 0 Å². The van der Waals surface area contributed by atoms with E-state index in [2.05, 4.69) is 24.5 Å². The Kier molecular flexibility index (Phi) is 30.6. The Morgan fingerprint density at radius 1 is 0.429 bits per heavy atom. The second-order valence-electron chi connectivity index (χ2n) is 13.5. The molecule has 0 aliphatic rings. The standard InChI is InChI=1S/C39H70N2O8/c1-5-7-9-11-13-15-17-19-21-24-36(44)40-34(32(3)42)26-28-38(46)48-30-23-31-49-39(47)29-27-35(33(4)43)41-37(45)25-22-20-18-16-14-12-10-8-6-2/h34-35H,5-31H2,1-4H3,(H,40,44)(H,41,45). The van der Waals surface area contributed by atoms with E-state index < -0.39 is 24.0 Å². The summed E-state index contributed by atoms with van der Waals surface area (Å²) in [6, 6.07) is -1.45. The first-order chi connectivity index (χ1) is 23.6. The molecule has 0 bridgehead atoms. The molecule has 0 heterocycles. The summed E-state index contributed by atoms with van der Waals surface area (Å²) in [4.78, 5) is 73.0. The van der Waals surface area contributed by atoms with Crippen LogP contribution in [-0.2, 0) is 38.2 Å². The fourth-order valence-electron chi connectivity index (χ4n) is 5.58. The first-order valence-corrected chi connectivity index (χ1v) is 19.5. The minimum absolute atomic E-state index is 0.0143. The monoisotopic (exact) mass is 695 g/mol. The lowest BCUT2D eigenvalue weighted by molar-refractivity contribution is -0.146. The Labute approximate surface area is 297 Å². The number of hydrogen-bond acceptors (Lipinski definition) is 8. The molecule has 2 atom stereocenters. The minimum Gasteiger partial charge on any atom is -0.466 e. The van der Waals surface area contributed by atoms with Crippen molar-refractivity contribution in [2.24, 2.45) is 0 Å². The number of amides is 2. The lowest BCUT2D eigenvalue weighted by Gasteiger charge is -2.16. The van der Waals surface area contributed by atoms with Gasteiger partial charge < -0.3 is 20.1 Å². The number of Topliss-reactive ketones (excluding diaryl/α,β-unsaturated/α-hetero) is 2. The average Bonchev–Trinajstić information content (AvgIpc) is 3.06. The summed E-state index contributed by atoms with van der Waals surface area (Å²) < 4.78 is 10.4. The summed E-state index contributed by atoms with van der Waals surface area (Å²) in [7, 11) is 0. The number of hydrogen-bond donors (Lipinski definition) is 2. The zero-order valence-corrected chi connectivity index (χ0v) is 31.5. The molecule has 49 heavy (non-hydrogen) atoms. The second-order valence-corrected chi connectivity index (χ2v) is 13.5. The maximum Gasteiger partial charge on any atom is 0.305 e. The molecule has 0 aliphatic heterocycles. The van der Waals surface area contributed by atoms with Crippen LogP contribution in [-0.4, -0.2) is 60.6 Å². The third-order valence-electron chi connectivity index (χ3n) is 8.76. The molecule has 0 fully saturated rings. The van der Waals surface area contributed by atoms with Gasteiger partial charge in [-0.1, -0.05) is 117 Å². The van der Waals surface area contributed by atoms with Crippen molar-refractivity contribution in [3.8, 4) is 0 Å². The van der Waals surface area contributed by atoms with Gasteiger partial charge in [-0.25, -0.2) is 0 Å². The summed E-state index contributed by atoms with van der Waals surface area (Å²) in [5.41, 5.74) is 0. The van der Waals surface area contributed by atoms with Crippen LogP contribution in [0, 0.1) is 0 Å². The van der Waals surface area contributed by atoms with E-state index in [-0.39, 0.29) is 62.3 Å². The van der Waals surface area contributed by atoms with Crippen molar-refractivity contribution in [3.63, 3.8) is 0 Å². The molecule has 0 rings (SSSR count). The Bertz CT molecular complexity index is 851. The van der Waals surface area contributed by atoms with Crippen molar-refractivity contribution in [2.75, 3.05) is 13.2 Å². The number of carbonyl (C=O) groups is 6. The molecule has 2 N–H and O–H groups in total. The highest BCUT2D eigenvalue weighted by atomic mass is 16.5. The highest BCUT2D eigenvalue weighted by molar-refractivity contribution is 5.88. The molecule has 284 valence electrons. The lowest BCUT2D eigenvalue weighted by Crippen LogP contribution is -2.40. The molecule has 0 saturated heterocycles. The number of ketones is 2. The molecule has 0 spiro atoms. The summed E-state index contributed by atoms with van der Waals surface area (Å²) >= 11 is 0. The summed E-state index contributed by atoms with van der Waals surface area (Å²) in [5.74, 6) is -1.74. The first kappa shape index (κ1) is 46.2. The molecule has 0 aromatic carbocycles. The van der Waals surface area contributed by atoms with E-state index in [1.165, 1.54) is 90.9 Å². The maximum atomic E-state index is 12.3. The van der Waals surface area contributed by atoms with Crippen molar-refractivity contribution >= 4 is 35.3 Å². The second kappa shape index (κ2) is 32.4. The van der Waals surface area contributed by atoms with E-state index in [0.717, 1.165) is 38.5 Å². The van der Waals surface area contributed by atoms with Crippen molar-refractivity contribution in [3.05, 3.63) is 0 Å². The highest BCUT2D eigenvalue weighted by Gasteiger charge is 2.20. The normalized spacial score (nSPS) is 12.2. The van der Waals surface area contributed by atoms with Crippen LogP contribution in [0.25, 0.3) is 0 Å². The quantitative estimate of drug-likeness (QED) is 0.0509. The Balaban J connectivity index is 4.05. The van der Waals surface area contributed by atoms with Gasteiger partial charge in [0.2, 0.25) is 11.8 Å². The summed E-state index contributed by atoms with van der Waals surface area (Å²) in [5, 5.41) is 5.49. The third kappa shape index (κ3) is 29.8. The van der Waals surface area contributed by atoms with E-state index in [4.69, 9.17) is 9.47 Å². The topological polar surface area (TPSA) is 145 Å². The van der Waals surface area contributed by atoms with E-state index in [9.17, 15) is 28.8 Å². The van der Waals surface area contributed by atoms with Crippen molar-refractivity contribution in [1.29, 1.82) is 0 Å². The average molecular weight is 695 g/mol. The molecule has 0 saturated carbocycles. The van der Waals surface area contributed by atoms with Crippen LogP contribution in [0.1, 0.15) is 188 Å². The number of rotatable bonds is 34. The van der Waals surface area contributed by atoms with Crippen molar-refractivity contribution in [1.82, 2.24) is 10.6 Å². The third-order valence-corrected chi connectivity index (χ3v) is 8.76. The number of ether oxygens (including phenoxy) is 2. The van der Waals surface area contributed by atoms with Gasteiger partial charge in [0, 0.05) is 32.1 Å². The summed E-state index contributed by atoms with van der Waals surface area (Å²) in [6.07, 6.45) is 22.2. The minimum atomic E-state index is -0.724. The fourth-order valence-corrected chi connectivity index (χ4v) is 5.58. The van der Waals surface area contributed by atoms with Crippen molar-refractivity contribution < 1.29 is 38.2 Å². The predicted octanol–water partition coefficient (Wildman–Crippen LogP) is 8.01. The first-order valence-electron chi connectivity index (χ1n) is 19.5. The molecule has 0 aromatic rings. The maximum absolute atomic E-state index is 12.3.